The largest absolute Gasteiger partial charge is 0.388 e. The molecule has 6 nitrogen and oxygen atoms in total. The molecule has 1 aliphatic heterocycles. The maximum Gasteiger partial charge on any atom is 0.184 e. The van der Waals surface area contributed by atoms with Crippen LogP contribution in [0.5, 0.6) is 0 Å². The third-order valence-electron chi connectivity index (χ3n) is 1.92. The molecule has 0 aromatic carbocycles. The standard InChI is InChI=1S/C6H13NO5/c7-1-2-3(8)4(9)5(10)6(11)12-2/h2-6,8-11H,1,7H2/t2-,3-,4+,5+,6?/m1/s1. The van der Waals surface area contributed by atoms with Crippen LogP contribution in [0.1, 0.15) is 0 Å². The number of ether oxygens (including phenoxy) is 1. The van der Waals surface area contributed by atoms with Gasteiger partial charge in [-0.05, 0) is 0 Å². The van der Waals surface area contributed by atoms with Gasteiger partial charge >= 0.3 is 0 Å². The predicted octanol–water partition coefficient (Wildman–Crippen LogP) is -3.25. The summed E-state index contributed by atoms with van der Waals surface area (Å²) in [6, 6.07) is 0. The first-order valence-electron chi connectivity index (χ1n) is 3.65. The molecule has 5 atom stereocenters. The van der Waals surface area contributed by atoms with Crippen molar-refractivity contribution >= 4 is 0 Å². The normalized spacial score (nSPS) is 49.2. The Hall–Kier alpha value is -0.240. The van der Waals surface area contributed by atoms with Crippen LogP contribution in [0.4, 0.5) is 0 Å². The zero-order valence-electron chi connectivity index (χ0n) is 6.37. The Balaban J connectivity index is 2.63. The molecule has 6 N–H and O–H groups in total. The van der Waals surface area contributed by atoms with E-state index in [1.165, 1.54) is 0 Å². The van der Waals surface area contributed by atoms with E-state index < -0.39 is 30.7 Å². The van der Waals surface area contributed by atoms with E-state index in [1.807, 2.05) is 0 Å². The fraction of sp³-hybridized carbons (Fsp3) is 1.00. The molecule has 0 aliphatic carbocycles. The molecule has 1 unspecified atom stereocenters. The van der Waals surface area contributed by atoms with Crippen molar-refractivity contribution in [2.45, 2.75) is 30.7 Å². The quantitative estimate of drug-likeness (QED) is 0.288. The summed E-state index contributed by atoms with van der Waals surface area (Å²) in [4.78, 5) is 0. The second-order valence-corrected chi connectivity index (χ2v) is 2.77. The van der Waals surface area contributed by atoms with Gasteiger partial charge in [-0.25, -0.2) is 0 Å². The van der Waals surface area contributed by atoms with E-state index in [1.54, 1.807) is 0 Å². The summed E-state index contributed by atoms with van der Waals surface area (Å²) >= 11 is 0. The fourth-order valence-electron chi connectivity index (χ4n) is 1.13. The van der Waals surface area contributed by atoms with E-state index in [4.69, 9.17) is 25.8 Å². The molecule has 1 heterocycles. The van der Waals surface area contributed by atoms with Crippen LogP contribution in [0.3, 0.4) is 0 Å². The second-order valence-electron chi connectivity index (χ2n) is 2.77. The molecular weight excluding hydrogens is 166 g/mol. The van der Waals surface area contributed by atoms with Gasteiger partial charge in [-0.3, -0.25) is 0 Å². The molecule has 0 radical (unpaired) electrons. The zero-order chi connectivity index (χ0) is 9.30. The first-order valence-corrected chi connectivity index (χ1v) is 3.65. The third kappa shape index (κ3) is 1.58. The zero-order valence-corrected chi connectivity index (χ0v) is 6.37. The summed E-state index contributed by atoms with van der Waals surface area (Å²) < 4.78 is 4.70. The van der Waals surface area contributed by atoms with Crippen LogP contribution >= 0.6 is 0 Å². The monoisotopic (exact) mass is 179 g/mol. The molecule has 0 aromatic rings. The molecule has 0 amide bonds. The van der Waals surface area contributed by atoms with Crippen molar-refractivity contribution in [3.05, 3.63) is 0 Å². The second kappa shape index (κ2) is 3.65. The Morgan fingerprint density at radius 2 is 1.58 bits per heavy atom. The lowest BCUT2D eigenvalue weighted by molar-refractivity contribution is -0.279. The van der Waals surface area contributed by atoms with Gasteiger partial charge in [0.1, 0.15) is 24.4 Å². The molecule has 6 heteroatoms. The van der Waals surface area contributed by atoms with Gasteiger partial charge in [0.15, 0.2) is 6.29 Å². The van der Waals surface area contributed by atoms with Crippen LogP contribution < -0.4 is 5.73 Å². The number of rotatable bonds is 1. The molecule has 0 spiro atoms. The van der Waals surface area contributed by atoms with E-state index in [0.29, 0.717) is 0 Å². The lowest BCUT2D eigenvalue weighted by Gasteiger charge is -2.37. The predicted molar refractivity (Wildman–Crippen MR) is 38.0 cm³/mol. The van der Waals surface area contributed by atoms with Crippen molar-refractivity contribution in [3.8, 4) is 0 Å². The molecule has 12 heavy (non-hydrogen) atoms. The highest BCUT2D eigenvalue weighted by atomic mass is 16.6. The minimum absolute atomic E-state index is 0.0258. The van der Waals surface area contributed by atoms with Gasteiger partial charge in [0.2, 0.25) is 0 Å². The lowest BCUT2D eigenvalue weighted by atomic mass is 9.99. The molecule has 72 valence electrons. The van der Waals surface area contributed by atoms with Gasteiger partial charge < -0.3 is 30.9 Å². The van der Waals surface area contributed by atoms with Crippen LogP contribution in [-0.2, 0) is 4.74 Å². The van der Waals surface area contributed by atoms with E-state index in [9.17, 15) is 5.11 Å². The summed E-state index contributed by atoms with van der Waals surface area (Å²) in [5.74, 6) is 0. The highest BCUT2D eigenvalue weighted by Crippen LogP contribution is 2.18. The molecule has 1 saturated heterocycles. The van der Waals surface area contributed by atoms with Crippen molar-refractivity contribution < 1.29 is 25.2 Å². The third-order valence-corrected chi connectivity index (χ3v) is 1.92. The van der Waals surface area contributed by atoms with E-state index in [-0.39, 0.29) is 6.54 Å². The van der Waals surface area contributed by atoms with Gasteiger partial charge in [0.25, 0.3) is 0 Å². The van der Waals surface area contributed by atoms with Gasteiger partial charge in [-0.2, -0.15) is 0 Å². The van der Waals surface area contributed by atoms with E-state index >= 15 is 0 Å². The number of hydrogen-bond acceptors (Lipinski definition) is 6. The molecule has 1 aliphatic rings. The summed E-state index contributed by atoms with van der Waals surface area (Å²) in [7, 11) is 0. The summed E-state index contributed by atoms with van der Waals surface area (Å²) in [6.45, 7) is -0.0258. The van der Waals surface area contributed by atoms with Crippen LogP contribution in [0.15, 0.2) is 0 Å². The summed E-state index contributed by atoms with van der Waals surface area (Å²) in [5, 5.41) is 36.3. The van der Waals surface area contributed by atoms with Crippen molar-refractivity contribution in [3.63, 3.8) is 0 Å². The van der Waals surface area contributed by atoms with Gasteiger partial charge in [-0.1, -0.05) is 0 Å². The van der Waals surface area contributed by atoms with Crippen LogP contribution in [0.2, 0.25) is 0 Å². The van der Waals surface area contributed by atoms with Crippen molar-refractivity contribution in [1.82, 2.24) is 0 Å². The molecule has 0 bridgehead atoms. The SMILES string of the molecule is NC[C@H]1OC(O)[C@@H](O)[C@@H](O)[C@@H]1O. The molecule has 1 rings (SSSR count). The number of hydrogen-bond donors (Lipinski definition) is 5. The maximum absolute atomic E-state index is 9.20. The highest BCUT2D eigenvalue weighted by molar-refractivity contribution is 4.88. The first kappa shape index (κ1) is 9.85. The molecule has 0 saturated carbocycles. The fourth-order valence-corrected chi connectivity index (χ4v) is 1.13. The highest BCUT2D eigenvalue weighted by Gasteiger charge is 2.42. The number of aliphatic hydroxyl groups excluding tert-OH is 4. The van der Waals surface area contributed by atoms with Crippen molar-refractivity contribution in [1.29, 1.82) is 0 Å². The Kier molecular flexibility index (Phi) is 2.99. The van der Waals surface area contributed by atoms with Gasteiger partial charge in [0, 0.05) is 6.54 Å². The summed E-state index contributed by atoms with van der Waals surface area (Å²) in [5.41, 5.74) is 5.17. The molecule has 1 fully saturated rings. The van der Waals surface area contributed by atoms with E-state index in [0.717, 1.165) is 0 Å². The van der Waals surface area contributed by atoms with Gasteiger partial charge in [-0.15, -0.1) is 0 Å². The van der Waals surface area contributed by atoms with Crippen molar-refractivity contribution in [2.75, 3.05) is 6.54 Å². The Morgan fingerprint density at radius 1 is 1.00 bits per heavy atom. The first-order chi connectivity index (χ1) is 5.57. The number of nitrogens with two attached hydrogens (primary N) is 1. The maximum atomic E-state index is 9.20. The topological polar surface area (TPSA) is 116 Å². The summed E-state index contributed by atoms with van der Waals surface area (Å²) in [6.07, 6.45) is -6.48. The lowest BCUT2D eigenvalue weighted by Crippen LogP contribution is -2.59. The van der Waals surface area contributed by atoms with Crippen molar-refractivity contribution in [2.24, 2.45) is 5.73 Å². The van der Waals surface area contributed by atoms with E-state index in [2.05, 4.69) is 0 Å². The Labute approximate surface area is 69.2 Å². The Morgan fingerprint density at radius 3 is 2.08 bits per heavy atom. The minimum atomic E-state index is -1.49. The van der Waals surface area contributed by atoms with Crippen LogP contribution in [-0.4, -0.2) is 57.7 Å². The smallest absolute Gasteiger partial charge is 0.184 e. The Bertz CT molecular complexity index is 150. The van der Waals surface area contributed by atoms with Crippen LogP contribution in [0, 0.1) is 0 Å². The number of aliphatic hydroxyl groups is 4. The molecular formula is C6H13NO5. The average molecular weight is 179 g/mol. The average Bonchev–Trinajstić information content (AvgIpc) is 2.08. The minimum Gasteiger partial charge on any atom is -0.388 e. The molecule has 0 aromatic heterocycles. The van der Waals surface area contributed by atoms with Gasteiger partial charge in [0.05, 0.1) is 0 Å². The van der Waals surface area contributed by atoms with Crippen LogP contribution in [0.25, 0.3) is 0 Å².